The van der Waals surface area contributed by atoms with E-state index < -0.39 is 6.04 Å². The number of likely N-dealkylation sites (tertiary alicyclic amines) is 1. The number of carbonyl (C=O) groups excluding carboxylic acids is 3. The van der Waals surface area contributed by atoms with Gasteiger partial charge in [-0.3, -0.25) is 19.3 Å². The molecular weight excluding hydrogens is 316 g/mol. The molecule has 1 N–H and O–H groups in total. The van der Waals surface area contributed by atoms with Crippen molar-refractivity contribution < 1.29 is 14.4 Å². The Kier molecular flexibility index (Phi) is 5.60. The maximum absolute atomic E-state index is 13.0. The maximum Gasteiger partial charge on any atom is 0.243 e. The summed E-state index contributed by atoms with van der Waals surface area (Å²) < 4.78 is 0. The fourth-order valence-corrected chi connectivity index (χ4v) is 4.45. The van der Waals surface area contributed by atoms with Gasteiger partial charge in [-0.2, -0.15) is 0 Å². The quantitative estimate of drug-likeness (QED) is 0.615. The molecular formula is C20H30N2O3. The van der Waals surface area contributed by atoms with Crippen LogP contribution in [0.5, 0.6) is 0 Å². The lowest BCUT2D eigenvalue weighted by Gasteiger charge is -2.30. The molecule has 0 aromatic rings. The van der Waals surface area contributed by atoms with Crippen molar-refractivity contribution in [3.8, 4) is 0 Å². The van der Waals surface area contributed by atoms with E-state index in [2.05, 4.69) is 5.32 Å². The van der Waals surface area contributed by atoms with E-state index in [4.69, 9.17) is 0 Å². The maximum atomic E-state index is 13.0. The first-order valence-corrected chi connectivity index (χ1v) is 9.81. The summed E-state index contributed by atoms with van der Waals surface area (Å²) in [6.45, 7) is 4.06. The van der Waals surface area contributed by atoms with Crippen LogP contribution in [0.2, 0.25) is 0 Å². The summed E-state index contributed by atoms with van der Waals surface area (Å²) in [7, 11) is 0. The van der Waals surface area contributed by atoms with Crippen molar-refractivity contribution in [1.29, 1.82) is 0 Å². The third-order valence-corrected chi connectivity index (χ3v) is 5.80. The average Bonchev–Trinajstić information content (AvgIpc) is 2.85. The normalized spacial score (nSPS) is 28.4. The van der Waals surface area contributed by atoms with Crippen LogP contribution in [0, 0.1) is 17.8 Å². The van der Waals surface area contributed by atoms with E-state index in [1.807, 2.05) is 26.0 Å². The predicted octanol–water partition coefficient (Wildman–Crippen LogP) is 2.80. The summed E-state index contributed by atoms with van der Waals surface area (Å²) in [6.07, 6.45) is 11.2. The van der Waals surface area contributed by atoms with Crippen LogP contribution in [0.1, 0.15) is 65.2 Å². The van der Waals surface area contributed by atoms with Crippen LogP contribution in [0.3, 0.4) is 0 Å². The lowest BCUT2D eigenvalue weighted by molar-refractivity contribution is -0.148. The van der Waals surface area contributed by atoms with Gasteiger partial charge in [-0.1, -0.05) is 45.3 Å². The van der Waals surface area contributed by atoms with Gasteiger partial charge in [-0.05, 0) is 38.0 Å². The molecule has 0 aromatic heterocycles. The Hall–Kier alpha value is -1.65. The number of allylic oxidation sites excluding steroid dienone is 2. The van der Waals surface area contributed by atoms with Crippen LogP contribution in [0.4, 0.5) is 0 Å². The van der Waals surface area contributed by atoms with Crippen molar-refractivity contribution in [3.63, 3.8) is 0 Å². The van der Waals surface area contributed by atoms with Crippen molar-refractivity contribution in [3.05, 3.63) is 12.2 Å². The van der Waals surface area contributed by atoms with E-state index in [-0.39, 0.29) is 41.5 Å². The van der Waals surface area contributed by atoms with Crippen molar-refractivity contribution in [2.75, 3.05) is 0 Å². The smallest absolute Gasteiger partial charge is 0.243 e. The SMILES string of the molecule is CC(C)C[C@@H](C(=O)NC1CCCCC1)N1C(=O)[C@H]2CC=CC[C@H]2C1=O. The van der Waals surface area contributed by atoms with Gasteiger partial charge in [0.1, 0.15) is 6.04 Å². The molecule has 5 nitrogen and oxygen atoms in total. The van der Waals surface area contributed by atoms with Gasteiger partial charge in [0.25, 0.3) is 0 Å². The van der Waals surface area contributed by atoms with Gasteiger partial charge in [0.2, 0.25) is 17.7 Å². The Morgan fingerprint density at radius 2 is 1.64 bits per heavy atom. The highest BCUT2D eigenvalue weighted by atomic mass is 16.2. The van der Waals surface area contributed by atoms with E-state index in [0.29, 0.717) is 19.3 Å². The fraction of sp³-hybridized carbons (Fsp3) is 0.750. The van der Waals surface area contributed by atoms with E-state index in [1.165, 1.54) is 11.3 Å². The lowest BCUT2D eigenvalue weighted by atomic mass is 9.85. The highest BCUT2D eigenvalue weighted by molar-refractivity contribution is 6.08. The topological polar surface area (TPSA) is 66.5 Å². The van der Waals surface area contributed by atoms with E-state index >= 15 is 0 Å². The Balaban J connectivity index is 1.76. The molecule has 1 saturated heterocycles. The summed E-state index contributed by atoms with van der Waals surface area (Å²) in [5.74, 6) is -0.741. The number of nitrogens with one attached hydrogen (secondary N) is 1. The van der Waals surface area contributed by atoms with E-state index in [1.54, 1.807) is 0 Å². The Morgan fingerprint density at radius 1 is 1.08 bits per heavy atom. The number of fused-ring (bicyclic) bond motifs is 1. The molecule has 2 fully saturated rings. The number of nitrogens with zero attached hydrogens (tertiary/aromatic N) is 1. The molecule has 1 aliphatic heterocycles. The van der Waals surface area contributed by atoms with E-state index in [9.17, 15) is 14.4 Å². The Labute approximate surface area is 150 Å². The van der Waals surface area contributed by atoms with Gasteiger partial charge in [-0.15, -0.1) is 0 Å². The predicted molar refractivity (Wildman–Crippen MR) is 95.5 cm³/mol. The van der Waals surface area contributed by atoms with Crippen LogP contribution in [-0.4, -0.2) is 34.7 Å². The molecule has 1 heterocycles. The number of hydrogen-bond donors (Lipinski definition) is 1. The largest absolute Gasteiger partial charge is 0.352 e. The second-order valence-electron chi connectivity index (χ2n) is 8.19. The minimum absolute atomic E-state index is 0.145. The monoisotopic (exact) mass is 346 g/mol. The zero-order chi connectivity index (χ0) is 18.0. The third kappa shape index (κ3) is 3.80. The second-order valence-corrected chi connectivity index (χ2v) is 8.19. The van der Waals surface area contributed by atoms with Crippen LogP contribution >= 0.6 is 0 Å². The van der Waals surface area contributed by atoms with Crippen LogP contribution in [-0.2, 0) is 14.4 Å². The minimum atomic E-state index is -0.660. The molecule has 138 valence electrons. The zero-order valence-electron chi connectivity index (χ0n) is 15.4. The van der Waals surface area contributed by atoms with Gasteiger partial charge in [0, 0.05) is 6.04 Å². The standard InChI is InChI=1S/C20H30N2O3/c1-13(2)12-17(18(23)21-14-8-4-3-5-9-14)22-19(24)15-10-6-7-11-16(15)20(22)25/h6-7,13-17H,3-5,8-12H2,1-2H3,(H,21,23)/t15-,16+,17-/m0/s1. The minimum Gasteiger partial charge on any atom is -0.352 e. The molecule has 3 rings (SSSR count). The van der Waals surface area contributed by atoms with Crippen molar-refractivity contribution in [2.24, 2.45) is 17.8 Å². The lowest BCUT2D eigenvalue weighted by Crippen LogP contribution is -2.53. The van der Waals surface area contributed by atoms with Crippen molar-refractivity contribution in [1.82, 2.24) is 10.2 Å². The number of carbonyl (C=O) groups is 3. The molecule has 0 spiro atoms. The summed E-state index contributed by atoms with van der Waals surface area (Å²) in [5.41, 5.74) is 0. The van der Waals surface area contributed by atoms with Crippen LogP contribution < -0.4 is 5.32 Å². The average molecular weight is 346 g/mol. The van der Waals surface area contributed by atoms with E-state index in [0.717, 1.165) is 25.7 Å². The molecule has 0 unspecified atom stereocenters. The first-order chi connectivity index (χ1) is 12.0. The number of imide groups is 1. The molecule has 0 aromatic carbocycles. The highest BCUT2D eigenvalue weighted by Gasteiger charge is 2.51. The molecule has 5 heteroatoms. The molecule has 3 aliphatic rings. The van der Waals surface area contributed by atoms with Gasteiger partial charge in [-0.25, -0.2) is 0 Å². The van der Waals surface area contributed by atoms with Crippen LogP contribution in [0.25, 0.3) is 0 Å². The van der Waals surface area contributed by atoms with Gasteiger partial charge < -0.3 is 5.32 Å². The summed E-state index contributed by atoms with van der Waals surface area (Å²) in [6, 6.07) is -0.472. The van der Waals surface area contributed by atoms with Crippen LogP contribution in [0.15, 0.2) is 12.2 Å². The molecule has 3 atom stereocenters. The zero-order valence-corrected chi connectivity index (χ0v) is 15.4. The fourth-order valence-electron chi connectivity index (χ4n) is 4.45. The summed E-state index contributed by atoms with van der Waals surface area (Å²) in [4.78, 5) is 40.0. The number of rotatable bonds is 5. The Morgan fingerprint density at radius 3 is 2.16 bits per heavy atom. The van der Waals surface area contributed by atoms with Crippen molar-refractivity contribution >= 4 is 17.7 Å². The van der Waals surface area contributed by atoms with Crippen molar-refractivity contribution in [2.45, 2.75) is 77.3 Å². The molecule has 0 radical (unpaired) electrons. The molecule has 3 amide bonds. The summed E-state index contributed by atoms with van der Waals surface area (Å²) >= 11 is 0. The molecule has 2 aliphatic carbocycles. The second kappa shape index (κ2) is 7.71. The first-order valence-electron chi connectivity index (χ1n) is 9.81. The summed E-state index contributed by atoms with van der Waals surface area (Å²) in [5, 5.41) is 3.12. The molecule has 1 saturated carbocycles. The van der Waals surface area contributed by atoms with Gasteiger partial charge in [0.05, 0.1) is 11.8 Å². The Bertz CT molecular complexity index is 537. The highest BCUT2D eigenvalue weighted by Crippen LogP contribution is 2.37. The first kappa shape index (κ1) is 18.2. The van der Waals surface area contributed by atoms with Gasteiger partial charge >= 0.3 is 0 Å². The third-order valence-electron chi connectivity index (χ3n) is 5.80. The number of hydrogen-bond acceptors (Lipinski definition) is 3. The molecule has 25 heavy (non-hydrogen) atoms. The number of amides is 3. The molecule has 0 bridgehead atoms. The van der Waals surface area contributed by atoms with Gasteiger partial charge in [0.15, 0.2) is 0 Å².